The largest absolute Gasteiger partial charge is 0.355 e. The zero-order chi connectivity index (χ0) is 19.6. The predicted octanol–water partition coefficient (Wildman–Crippen LogP) is 6.27. The number of anilines is 1. The minimum Gasteiger partial charge on any atom is -0.355 e. The molecule has 0 aliphatic carbocycles. The zero-order valence-electron chi connectivity index (χ0n) is 16.4. The van der Waals surface area contributed by atoms with Crippen LogP contribution in [0, 0.1) is 0 Å². The Kier molecular flexibility index (Phi) is 4.45. The third kappa shape index (κ3) is 3.34. The van der Waals surface area contributed by atoms with Gasteiger partial charge in [0.25, 0.3) is 0 Å². The molecule has 0 bridgehead atoms. The van der Waals surface area contributed by atoms with Crippen LogP contribution in [0.1, 0.15) is 11.1 Å². The van der Waals surface area contributed by atoms with E-state index in [4.69, 9.17) is 4.99 Å². The molecule has 0 aromatic heterocycles. The van der Waals surface area contributed by atoms with Crippen LogP contribution in [-0.4, -0.2) is 19.4 Å². The smallest absolute Gasteiger partial charge is 0.110 e. The van der Waals surface area contributed by atoms with Crippen molar-refractivity contribution in [3.63, 3.8) is 0 Å². The van der Waals surface area contributed by atoms with E-state index in [-0.39, 0.29) is 0 Å². The van der Waals surface area contributed by atoms with Gasteiger partial charge in [-0.1, -0.05) is 91.0 Å². The van der Waals surface area contributed by atoms with Crippen LogP contribution in [0.15, 0.2) is 108 Å². The van der Waals surface area contributed by atoms with E-state index in [1.54, 1.807) is 0 Å². The van der Waals surface area contributed by atoms with Gasteiger partial charge in [-0.15, -0.1) is 0 Å². The number of hydrogen-bond acceptors (Lipinski definition) is 2. The Morgan fingerprint density at radius 3 is 1.97 bits per heavy atom. The first-order valence-corrected chi connectivity index (χ1v) is 9.91. The predicted molar refractivity (Wildman–Crippen MR) is 123 cm³/mol. The number of fused-ring (bicyclic) bond motifs is 1. The SMILES string of the molecule is CN1CN=C(c2cccc(-c3ccc(-c4ccccc4)cc3)c2)c2ccccc21. The molecule has 4 aromatic rings. The second-order valence-electron chi connectivity index (χ2n) is 7.39. The number of aliphatic imine (C=N–C) groups is 1. The molecule has 2 nitrogen and oxygen atoms in total. The van der Waals surface area contributed by atoms with Crippen molar-refractivity contribution in [3.05, 3.63) is 114 Å². The quantitative estimate of drug-likeness (QED) is 0.413. The summed E-state index contributed by atoms with van der Waals surface area (Å²) in [5.41, 5.74) is 9.56. The molecular formula is C27H22N2. The van der Waals surface area contributed by atoms with Gasteiger partial charge in [-0.3, -0.25) is 4.99 Å². The summed E-state index contributed by atoms with van der Waals surface area (Å²) in [7, 11) is 2.09. The van der Waals surface area contributed by atoms with Crippen LogP contribution < -0.4 is 4.90 Å². The van der Waals surface area contributed by atoms with Crippen LogP contribution in [0.3, 0.4) is 0 Å². The maximum Gasteiger partial charge on any atom is 0.110 e. The average Bonchev–Trinajstić information content (AvgIpc) is 2.80. The highest BCUT2D eigenvalue weighted by molar-refractivity contribution is 6.17. The number of benzene rings is 4. The topological polar surface area (TPSA) is 15.6 Å². The third-order valence-corrected chi connectivity index (χ3v) is 5.47. The highest BCUT2D eigenvalue weighted by atomic mass is 15.2. The molecule has 0 amide bonds. The summed E-state index contributed by atoms with van der Waals surface area (Å²) in [6, 6.07) is 36.5. The fourth-order valence-electron chi connectivity index (χ4n) is 3.92. The summed E-state index contributed by atoms with van der Waals surface area (Å²) < 4.78 is 0. The van der Waals surface area contributed by atoms with Crippen molar-refractivity contribution < 1.29 is 0 Å². The fourth-order valence-corrected chi connectivity index (χ4v) is 3.92. The maximum atomic E-state index is 4.85. The van der Waals surface area contributed by atoms with Crippen molar-refractivity contribution in [3.8, 4) is 22.3 Å². The van der Waals surface area contributed by atoms with Crippen LogP contribution in [0.4, 0.5) is 5.69 Å². The molecule has 4 aromatic carbocycles. The normalized spacial score (nSPS) is 13.0. The summed E-state index contributed by atoms with van der Waals surface area (Å²) in [6.07, 6.45) is 0. The van der Waals surface area contributed by atoms with Crippen LogP contribution >= 0.6 is 0 Å². The van der Waals surface area contributed by atoms with Gasteiger partial charge in [-0.05, 0) is 34.4 Å². The van der Waals surface area contributed by atoms with Gasteiger partial charge >= 0.3 is 0 Å². The molecule has 1 heterocycles. The third-order valence-electron chi connectivity index (χ3n) is 5.47. The first-order chi connectivity index (χ1) is 14.3. The van der Waals surface area contributed by atoms with Gasteiger partial charge in [0.1, 0.15) is 6.67 Å². The molecule has 140 valence electrons. The minimum absolute atomic E-state index is 0.683. The molecule has 0 N–H and O–H groups in total. The van der Waals surface area contributed by atoms with Gasteiger partial charge < -0.3 is 4.90 Å². The van der Waals surface area contributed by atoms with Gasteiger partial charge in [0.05, 0.1) is 5.71 Å². The van der Waals surface area contributed by atoms with Gasteiger partial charge in [-0.2, -0.15) is 0 Å². The number of hydrogen-bond donors (Lipinski definition) is 0. The van der Waals surface area contributed by atoms with E-state index >= 15 is 0 Å². The van der Waals surface area contributed by atoms with E-state index in [2.05, 4.69) is 109 Å². The van der Waals surface area contributed by atoms with Gasteiger partial charge in [0.2, 0.25) is 0 Å². The van der Waals surface area contributed by atoms with Crippen molar-refractivity contribution in [2.75, 3.05) is 18.6 Å². The molecule has 0 radical (unpaired) electrons. The number of nitrogens with zero attached hydrogens (tertiary/aromatic N) is 2. The Balaban J connectivity index is 1.50. The van der Waals surface area contributed by atoms with E-state index in [9.17, 15) is 0 Å². The van der Waals surface area contributed by atoms with Crippen molar-refractivity contribution in [1.82, 2.24) is 0 Å². The lowest BCUT2D eigenvalue weighted by atomic mass is 9.95. The Morgan fingerprint density at radius 2 is 1.17 bits per heavy atom. The second kappa shape index (κ2) is 7.40. The molecule has 1 aliphatic rings. The summed E-state index contributed by atoms with van der Waals surface area (Å²) in [5.74, 6) is 0. The highest BCUT2D eigenvalue weighted by Crippen LogP contribution is 2.29. The number of para-hydroxylation sites is 1. The molecule has 0 fully saturated rings. The maximum absolute atomic E-state index is 4.85. The first-order valence-electron chi connectivity index (χ1n) is 9.91. The first kappa shape index (κ1) is 17.4. The molecule has 1 aliphatic heterocycles. The lowest BCUT2D eigenvalue weighted by Gasteiger charge is -2.26. The molecule has 0 spiro atoms. The van der Waals surface area contributed by atoms with Crippen LogP contribution in [0.25, 0.3) is 22.3 Å². The van der Waals surface area contributed by atoms with Crippen LogP contribution in [0.5, 0.6) is 0 Å². The summed E-state index contributed by atoms with van der Waals surface area (Å²) >= 11 is 0. The van der Waals surface area contributed by atoms with Gasteiger partial charge in [0.15, 0.2) is 0 Å². The fraction of sp³-hybridized carbons (Fsp3) is 0.0741. The van der Waals surface area contributed by atoms with E-state index in [1.807, 2.05) is 6.07 Å². The molecule has 5 rings (SSSR count). The Labute approximate surface area is 171 Å². The zero-order valence-corrected chi connectivity index (χ0v) is 16.4. The molecule has 0 saturated carbocycles. The van der Waals surface area contributed by atoms with Gasteiger partial charge in [0, 0.05) is 23.9 Å². The van der Waals surface area contributed by atoms with E-state index < -0.39 is 0 Å². The Hall–Kier alpha value is -3.65. The van der Waals surface area contributed by atoms with Crippen molar-refractivity contribution in [2.45, 2.75) is 0 Å². The Bertz CT molecular complexity index is 1170. The average molecular weight is 374 g/mol. The molecular weight excluding hydrogens is 352 g/mol. The van der Waals surface area contributed by atoms with Crippen molar-refractivity contribution >= 4 is 11.4 Å². The number of rotatable bonds is 3. The standard InChI is InChI=1S/C27H22N2/c1-29-19-28-27(25-12-5-6-13-26(25)29)24-11-7-10-23(18-24)22-16-14-21(15-17-22)20-8-3-2-4-9-20/h2-18H,19H2,1H3. The molecule has 0 unspecified atom stereocenters. The second-order valence-corrected chi connectivity index (χ2v) is 7.39. The van der Waals surface area contributed by atoms with E-state index in [0.717, 1.165) is 11.3 Å². The molecule has 29 heavy (non-hydrogen) atoms. The summed E-state index contributed by atoms with van der Waals surface area (Å²) in [4.78, 5) is 7.04. The van der Waals surface area contributed by atoms with Crippen molar-refractivity contribution in [2.24, 2.45) is 4.99 Å². The van der Waals surface area contributed by atoms with Gasteiger partial charge in [-0.25, -0.2) is 0 Å². The van der Waals surface area contributed by atoms with E-state index in [0.29, 0.717) is 6.67 Å². The van der Waals surface area contributed by atoms with Crippen molar-refractivity contribution in [1.29, 1.82) is 0 Å². The minimum atomic E-state index is 0.683. The summed E-state index contributed by atoms with van der Waals surface area (Å²) in [6.45, 7) is 0.683. The van der Waals surface area contributed by atoms with Crippen LogP contribution in [0.2, 0.25) is 0 Å². The van der Waals surface area contributed by atoms with E-state index in [1.165, 1.54) is 33.5 Å². The summed E-state index contributed by atoms with van der Waals surface area (Å²) in [5, 5.41) is 0. The highest BCUT2D eigenvalue weighted by Gasteiger charge is 2.18. The monoisotopic (exact) mass is 374 g/mol. The van der Waals surface area contributed by atoms with Crippen LogP contribution in [-0.2, 0) is 0 Å². The lowest BCUT2D eigenvalue weighted by Crippen LogP contribution is -2.26. The Morgan fingerprint density at radius 1 is 0.586 bits per heavy atom. The lowest BCUT2D eigenvalue weighted by molar-refractivity contribution is 0.917. The molecule has 2 heteroatoms. The molecule has 0 saturated heterocycles. The molecule has 0 atom stereocenters.